The summed E-state index contributed by atoms with van der Waals surface area (Å²) in [4.78, 5) is 13.6. The van der Waals surface area contributed by atoms with Crippen molar-refractivity contribution in [2.45, 2.75) is 51.7 Å². The molecule has 1 aliphatic heterocycles. The van der Waals surface area contributed by atoms with Crippen molar-refractivity contribution in [2.75, 3.05) is 19.6 Å². The molecule has 0 spiro atoms. The normalized spacial score (nSPS) is 25.1. The molecule has 0 saturated carbocycles. The molecule has 5 heteroatoms. The van der Waals surface area contributed by atoms with Gasteiger partial charge in [0.2, 0.25) is 0 Å². The van der Waals surface area contributed by atoms with Crippen molar-refractivity contribution in [2.24, 2.45) is 11.7 Å². The summed E-state index contributed by atoms with van der Waals surface area (Å²) in [5.41, 5.74) is 5.01. The summed E-state index contributed by atoms with van der Waals surface area (Å²) in [6.45, 7) is 7.32. The number of aliphatic hydroxyl groups is 1. The third-order valence-electron chi connectivity index (χ3n) is 3.12. The Morgan fingerprint density at radius 3 is 2.72 bits per heavy atom. The van der Waals surface area contributed by atoms with Gasteiger partial charge in [0.05, 0.1) is 6.10 Å². The Morgan fingerprint density at radius 2 is 2.17 bits per heavy atom. The molecule has 1 aliphatic rings. The second-order valence-electron chi connectivity index (χ2n) is 5.97. The van der Waals surface area contributed by atoms with Crippen molar-refractivity contribution in [3.8, 4) is 0 Å². The maximum Gasteiger partial charge on any atom is 0.410 e. The van der Waals surface area contributed by atoms with Gasteiger partial charge in [0.1, 0.15) is 5.60 Å². The molecule has 0 aromatic carbocycles. The molecule has 2 unspecified atom stereocenters. The van der Waals surface area contributed by atoms with Crippen LogP contribution in [0.5, 0.6) is 0 Å². The summed E-state index contributed by atoms with van der Waals surface area (Å²) in [5, 5.41) is 9.91. The molecule has 0 bridgehead atoms. The van der Waals surface area contributed by atoms with Gasteiger partial charge in [-0.15, -0.1) is 0 Å². The van der Waals surface area contributed by atoms with Gasteiger partial charge in [-0.2, -0.15) is 0 Å². The summed E-state index contributed by atoms with van der Waals surface area (Å²) in [5.74, 6) is 0.120. The van der Waals surface area contributed by atoms with Crippen LogP contribution in [0.4, 0.5) is 4.79 Å². The first-order valence-electron chi connectivity index (χ1n) is 6.69. The van der Waals surface area contributed by atoms with Gasteiger partial charge in [-0.05, 0) is 46.6 Å². The average molecular weight is 258 g/mol. The average Bonchev–Trinajstić information content (AvgIpc) is 2.25. The summed E-state index contributed by atoms with van der Waals surface area (Å²) < 4.78 is 5.35. The molecule has 0 radical (unpaired) electrons. The Bertz CT molecular complexity index is 276. The summed E-state index contributed by atoms with van der Waals surface area (Å²) in [6.07, 6.45) is 1.75. The molecule has 5 nitrogen and oxygen atoms in total. The molecule has 0 aliphatic carbocycles. The lowest BCUT2D eigenvalue weighted by Gasteiger charge is -2.37. The van der Waals surface area contributed by atoms with Crippen molar-refractivity contribution >= 4 is 6.09 Å². The van der Waals surface area contributed by atoms with Gasteiger partial charge in [-0.25, -0.2) is 4.79 Å². The van der Waals surface area contributed by atoms with E-state index >= 15 is 0 Å². The molecule has 2 atom stereocenters. The van der Waals surface area contributed by atoms with Crippen molar-refractivity contribution in [3.63, 3.8) is 0 Å². The van der Waals surface area contributed by atoms with Gasteiger partial charge in [-0.1, -0.05) is 0 Å². The number of carbonyl (C=O) groups excluding carboxylic acids is 1. The van der Waals surface area contributed by atoms with Crippen LogP contribution >= 0.6 is 0 Å². The monoisotopic (exact) mass is 258 g/mol. The number of hydrogen-bond acceptors (Lipinski definition) is 4. The molecule has 1 fully saturated rings. The van der Waals surface area contributed by atoms with Crippen LogP contribution in [0, 0.1) is 5.92 Å². The highest BCUT2D eigenvalue weighted by molar-refractivity contribution is 5.68. The topological polar surface area (TPSA) is 75.8 Å². The van der Waals surface area contributed by atoms with Crippen molar-refractivity contribution in [1.82, 2.24) is 4.90 Å². The first kappa shape index (κ1) is 15.2. The molecule has 1 rings (SSSR count). The maximum atomic E-state index is 11.9. The van der Waals surface area contributed by atoms with Crippen LogP contribution in [0.2, 0.25) is 0 Å². The number of aliphatic hydroxyl groups excluding tert-OH is 1. The zero-order valence-electron chi connectivity index (χ0n) is 11.7. The van der Waals surface area contributed by atoms with E-state index in [4.69, 9.17) is 10.5 Å². The van der Waals surface area contributed by atoms with Crippen LogP contribution in [0.1, 0.15) is 40.0 Å². The molecule has 18 heavy (non-hydrogen) atoms. The van der Waals surface area contributed by atoms with Crippen LogP contribution in [0.25, 0.3) is 0 Å². The lowest BCUT2D eigenvalue weighted by molar-refractivity contribution is -0.0101. The highest BCUT2D eigenvalue weighted by Gasteiger charge is 2.31. The first-order valence-corrected chi connectivity index (χ1v) is 6.69. The largest absolute Gasteiger partial charge is 0.444 e. The van der Waals surface area contributed by atoms with Crippen LogP contribution in [-0.4, -0.2) is 47.4 Å². The van der Waals surface area contributed by atoms with Gasteiger partial charge in [0, 0.05) is 19.0 Å². The van der Waals surface area contributed by atoms with E-state index in [0.29, 0.717) is 26.1 Å². The number of ether oxygens (including phenoxy) is 1. The standard InChI is InChI=1S/C13H26N2O3/c1-13(2,3)18-12(17)15-8-6-11(16)10(9-15)5-4-7-14/h10-11,16H,4-9,14H2,1-3H3. The molecule has 3 N–H and O–H groups in total. The third-order valence-corrected chi connectivity index (χ3v) is 3.12. The zero-order chi connectivity index (χ0) is 13.8. The Labute approximate surface area is 109 Å². The number of rotatable bonds is 3. The quantitative estimate of drug-likeness (QED) is 0.801. The summed E-state index contributed by atoms with van der Waals surface area (Å²) in [7, 11) is 0. The zero-order valence-corrected chi connectivity index (χ0v) is 11.7. The minimum Gasteiger partial charge on any atom is -0.444 e. The Balaban J connectivity index is 2.50. The lowest BCUT2D eigenvalue weighted by atomic mass is 9.91. The molecule has 106 valence electrons. The lowest BCUT2D eigenvalue weighted by Crippen LogP contribution is -2.47. The number of likely N-dealkylation sites (tertiary alicyclic amines) is 1. The predicted molar refractivity (Wildman–Crippen MR) is 70.2 cm³/mol. The molecular formula is C13H26N2O3. The Kier molecular flexibility index (Phi) is 5.41. The number of carbonyl (C=O) groups is 1. The van der Waals surface area contributed by atoms with Crippen LogP contribution in [-0.2, 0) is 4.74 Å². The number of nitrogens with two attached hydrogens (primary N) is 1. The smallest absolute Gasteiger partial charge is 0.410 e. The van der Waals surface area contributed by atoms with Gasteiger partial charge >= 0.3 is 6.09 Å². The van der Waals surface area contributed by atoms with E-state index in [0.717, 1.165) is 12.8 Å². The molecule has 1 heterocycles. The third kappa shape index (κ3) is 4.82. The number of amides is 1. The maximum absolute atomic E-state index is 11.9. The van der Waals surface area contributed by atoms with Crippen LogP contribution in [0.3, 0.4) is 0 Å². The summed E-state index contributed by atoms with van der Waals surface area (Å²) >= 11 is 0. The number of hydrogen-bond donors (Lipinski definition) is 2. The van der Waals surface area contributed by atoms with Gasteiger partial charge in [-0.3, -0.25) is 0 Å². The fourth-order valence-corrected chi connectivity index (χ4v) is 2.18. The Morgan fingerprint density at radius 1 is 1.50 bits per heavy atom. The van der Waals surface area contributed by atoms with E-state index < -0.39 is 5.60 Å². The first-order chi connectivity index (χ1) is 8.33. The number of nitrogens with zero attached hydrogens (tertiary/aromatic N) is 1. The van der Waals surface area contributed by atoms with Gasteiger partial charge in [0.15, 0.2) is 0 Å². The molecule has 1 amide bonds. The van der Waals surface area contributed by atoms with E-state index in [-0.39, 0.29) is 18.1 Å². The van der Waals surface area contributed by atoms with E-state index in [9.17, 15) is 9.90 Å². The second-order valence-corrected chi connectivity index (χ2v) is 5.97. The van der Waals surface area contributed by atoms with Gasteiger partial charge < -0.3 is 20.5 Å². The molecular weight excluding hydrogens is 232 g/mol. The van der Waals surface area contributed by atoms with Crippen molar-refractivity contribution < 1.29 is 14.6 Å². The molecule has 0 aromatic heterocycles. The van der Waals surface area contributed by atoms with E-state index in [2.05, 4.69) is 0 Å². The van der Waals surface area contributed by atoms with E-state index in [1.54, 1.807) is 4.90 Å². The van der Waals surface area contributed by atoms with Crippen molar-refractivity contribution in [3.05, 3.63) is 0 Å². The highest BCUT2D eigenvalue weighted by atomic mass is 16.6. The summed E-state index contributed by atoms with van der Waals surface area (Å²) in [6, 6.07) is 0. The van der Waals surface area contributed by atoms with Gasteiger partial charge in [0.25, 0.3) is 0 Å². The number of piperidine rings is 1. The van der Waals surface area contributed by atoms with Crippen LogP contribution < -0.4 is 5.73 Å². The van der Waals surface area contributed by atoms with Crippen molar-refractivity contribution in [1.29, 1.82) is 0 Å². The minimum absolute atomic E-state index is 0.120. The predicted octanol–water partition coefficient (Wildman–Crippen LogP) is 1.34. The minimum atomic E-state index is -0.472. The molecule has 0 aromatic rings. The molecule has 1 saturated heterocycles. The fourth-order valence-electron chi connectivity index (χ4n) is 2.18. The Hall–Kier alpha value is -0.810. The SMILES string of the molecule is CC(C)(C)OC(=O)N1CCC(O)C(CCCN)C1. The van der Waals surface area contributed by atoms with E-state index in [1.807, 2.05) is 20.8 Å². The second kappa shape index (κ2) is 6.38. The highest BCUT2D eigenvalue weighted by Crippen LogP contribution is 2.23. The van der Waals surface area contributed by atoms with E-state index in [1.165, 1.54) is 0 Å². The van der Waals surface area contributed by atoms with Crippen LogP contribution in [0.15, 0.2) is 0 Å². The fraction of sp³-hybridized carbons (Fsp3) is 0.923.